The molecule has 0 N–H and O–H groups in total. The average molecular weight is 155 g/mol. The van der Waals surface area contributed by atoms with Gasteiger partial charge in [-0.05, 0) is 17.8 Å². The van der Waals surface area contributed by atoms with Gasteiger partial charge in [-0.25, -0.2) is 0 Å². The fourth-order valence-corrected chi connectivity index (χ4v) is 1.31. The van der Waals surface area contributed by atoms with E-state index in [2.05, 4.69) is 34.6 Å². The fraction of sp³-hybridized carbons (Fsp3) is 0.909. The van der Waals surface area contributed by atoms with Gasteiger partial charge < -0.3 is 0 Å². The van der Waals surface area contributed by atoms with Crippen molar-refractivity contribution in [3.8, 4) is 0 Å². The van der Waals surface area contributed by atoms with Crippen LogP contribution in [0, 0.1) is 17.8 Å². The van der Waals surface area contributed by atoms with E-state index >= 15 is 0 Å². The lowest BCUT2D eigenvalue weighted by Crippen LogP contribution is -2.11. The molecule has 0 aromatic carbocycles. The van der Waals surface area contributed by atoms with Gasteiger partial charge in [-0.2, -0.15) is 0 Å². The fourth-order valence-electron chi connectivity index (χ4n) is 1.31. The minimum Gasteiger partial charge on any atom is -0.0654 e. The summed E-state index contributed by atoms with van der Waals surface area (Å²) >= 11 is 0. The summed E-state index contributed by atoms with van der Waals surface area (Å²) in [7, 11) is 0. The Bertz CT molecular complexity index is 84.0. The van der Waals surface area contributed by atoms with E-state index in [9.17, 15) is 0 Å². The van der Waals surface area contributed by atoms with Gasteiger partial charge in [0.2, 0.25) is 0 Å². The predicted octanol–water partition coefficient (Wildman–Crippen LogP) is 4.06. The summed E-state index contributed by atoms with van der Waals surface area (Å²) in [5.74, 6) is 3.26. The smallest absolute Gasteiger partial charge is 0.0218 e. The first kappa shape index (κ1) is 11.0. The van der Waals surface area contributed by atoms with Gasteiger partial charge >= 0.3 is 0 Å². The van der Waals surface area contributed by atoms with Crippen molar-refractivity contribution in [2.75, 3.05) is 0 Å². The van der Waals surface area contributed by atoms with Crippen LogP contribution in [0.25, 0.3) is 0 Å². The molecule has 1 unspecified atom stereocenters. The largest absolute Gasteiger partial charge is 0.0654 e. The molecule has 0 heterocycles. The van der Waals surface area contributed by atoms with Crippen molar-refractivity contribution in [2.24, 2.45) is 11.8 Å². The first-order chi connectivity index (χ1) is 5.09. The Kier molecular flexibility index (Phi) is 5.62. The van der Waals surface area contributed by atoms with E-state index in [1.54, 1.807) is 5.92 Å². The van der Waals surface area contributed by atoms with Gasteiger partial charge in [0.05, 0.1) is 0 Å². The van der Waals surface area contributed by atoms with Crippen LogP contribution in [0.3, 0.4) is 0 Å². The van der Waals surface area contributed by atoms with Crippen LogP contribution in [0.4, 0.5) is 0 Å². The summed E-state index contributed by atoms with van der Waals surface area (Å²) in [6.07, 6.45) is 4.08. The molecule has 0 aliphatic rings. The molecule has 0 aliphatic carbocycles. The van der Waals surface area contributed by atoms with Crippen LogP contribution in [0.2, 0.25) is 0 Å². The molecule has 1 atom stereocenters. The maximum Gasteiger partial charge on any atom is -0.0218 e. The van der Waals surface area contributed by atoms with Gasteiger partial charge in [-0.15, -0.1) is 0 Å². The third-order valence-electron chi connectivity index (χ3n) is 2.68. The molecule has 0 saturated heterocycles. The van der Waals surface area contributed by atoms with E-state index < -0.39 is 0 Å². The summed E-state index contributed by atoms with van der Waals surface area (Å²) in [6, 6.07) is 0. The van der Waals surface area contributed by atoms with Crippen LogP contribution in [0.5, 0.6) is 0 Å². The molecule has 0 aromatic rings. The summed E-state index contributed by atoms with van der Waals surface area (Å²) in [6.45, 7) is 11.5. The second-order valence-electron chi connectivity index (χ2n) is 3.94. The Morgan fingerprint density at radius 2 is 1.73 bits per heavy atom. The number of unbranched alkanes of at least 4 members (excludes halogenated alkanes) is 1. The lowest BCUT2D eigenvalue weighted by molar-refractivity contribution is 0.449. The van der Waals surface area contributed by atoms with Crippen molar-refractivity contribution in [2.45, 2.75) is 53.9 Å². The van der Waals surface area contributed by atoms with E-state index in [1.807, 2.05) is 0 Å². The SMILES string of the molecule is CCCCC(C)[C](C)C(C)C. The molecule has 0 heteroatoms. The molecule has 0 amide bonds. The van der Waals surface area contributed by atoms with E-state index in [1.165, 1.54) is 19.3 Å². The molecule has 0 fully saturated rings. The molecule has 0 aliphatic heterocycles. The van der Waals surface area contributed by atoms with Crippen LogP contribution in [0.15, 0.2) is 0 Å². The van der Waals surface area contributed by atoms with Gasteiger partial charge in [0.1, 0.15) is 0 Å². The van der Waals surface area contributed by atoms with Crippen LogP contribution in [-0.4, -0.2) is 0 Å². The zero-order valence-corrected chi connectivity index (χ0v) is 8.78. The normalized spacial score (nSPS) is 14.5. The third kappa shape index (κ3) is 4.44. The maximum atomic E-state index is 2.35. The van der Waals surface area contributed by atoms with E-state index in [-0.39, 0.29) is 0 Å². The van der Waals surface area contributed by atoms with Crippen molar-refractivity contribution in [1.82, 2.24) is 0 Å². The second-order valence-corrected chi connectivity index (χ2v) is 3.94. The second kappa shape index (κ2) is 5.62. The zero-order valence-electron chi connectivity index (χ0n) is 8.78. The summed E-state index contributed by atoms with van der Waals surface area (Å²) in [5.41, 5.74) is 0. The van der Waals surface area contributed by atoms with Crippen molar-refractivity contribution in [1.29, 1.82) is 0 Å². The molecule has 0 spiro atoms. The third-order valence-corrected chi connectivity index (χ3v) is 2.68. The Hall–Kier alpha value is 0. The number of rotatable bonds is 5. The highest BCUT2D eigenvalue weighted by atomic mass is 14.2. The molecular formula is C11H23. The van der Waals surface area contributed by atoms with Crippen molar-refractivity contribution < 1.29 is 0 Å². The van der Waals surface area contributed by atoms with E-state index in [0.717, 1.165) is 11.8 Å². The molecule has 0 saturated carbocycles. The predicted molar refractivity (Wildman–Crippen MR) is 52.4 cm³/mol. The molecule has 11 heavy (non-hydrogen) atoms. The van der Waals surface area contributed by atoms with Gasteiger partial charge in [0, 0.05) is 0 Å². The zero-order chi connectivity index (χ0) is 8.85. The van der Waals surface area contributed by atoms with Crippen LogP contribution in [-0.2, 0) is 0 Å². The quantitative estimate of drug-likeness (QED) is 0.561. The monoisotopic (exact) mass is 155 g/mol. The maximum absolute atomic E-state index is 2.35. The first-order valence-electron chi connectivity index (χ1n) is 4.92. The Labute approximate surface area is 72.4 Å². The highest BCUT2D eigenvalue weighted by Gasteiger charge is 2.14. The van der Waals surface area contributed by atoms with E-state index in [0.29, 0.717) is 0 Å². The highest BCUT2D eigenvalue weighted by molar-refractivity contribution is 4.92. The summed E-state index contributed by atoms with van der Waals surface area (Å²) in [5, 5.41) is 0. The Balaban J connectivity index is 3.55. The lowest BCUT2D eigenvalue weighted by atomic mass is 9.83. The van der Waals surface area contributed by atoms with Crippen LogP contribution < -0.4 is 0 Å². The molecule has 0 nitrogen and oxygen atoms in total. The van der Waals surface area contributed by atoms with Crippen LogP contribution in [0.1, 0.15) is 53.9 Å². The molecule has 0 rings (SSSR count). The molecule has 1 radical (unpaired) electrons. The Morgan fingerprint density at radius 1 is 1.18 bits per heavy atom. The van der Waals surface area contributed by atoms with Gasteiger partial charge in [0.25, 0.3) is 0 Å². The molecular weight excluding hydrogens is 132 g/mol. The van der Waals surface area contributed by atoms with E-state index in [4.69, 9.17) is 0 Å². The number of hydrogen-bond donors (Lipinski definition) is 0. The minimum absolute atomic E-state index is 0.766. The Morgan fingerprint density at radius 3 is 2.09 bits per heavy atom. The minimum atomic E-state index is 0.766. The van der Waals surface area contributed by atoms with Gasteiger partial charge in [-0.1, -0.05) is 53.9 Å². The average Bonchev–Trinajstić information content (AvgIpc) is 1.98. The van der Waals surface area contributed by atoms with Gasteiger partial charge in [-0.3, -0.25) is 0 Å². The lowest BCUT2D eigenvalue weighted by Gasteiger charge is -2.22. The highest BCUT2D eigenvalue weighted by Crippen LogP contribution is 2.26. The topological polar surface area (TPSA) is 0 Å². The summed E-state index contributed by atoms with van der Waals surface area (Å²) < 4.78 is 0. The van der Waals surface area contributed by atoms with Crippen molar-refractivity contribution in [3.63, 3.8) is 0 Å². The number of hydrogen-bond acceptors (Lipinski definition) is 0. The molecule has 0 bridgehead atoms. The first-order valence-corrected chi connectivity index (χ1v) is 4.92. The van der Waals surface area contributed by atoms with Crippen molar-refractivity contribution >= 4 is 0 Å². The van der Waals surface area contributed by atoms with Gasteiger partial charge in [0.15, 0.2) is 0 Å². The van der Waals surface area contributed by atoms with Crippen LogP contribution >= 0.6 is 0 Å². The summed E-state index contributed by atoms with van der Waals surface area (Å²) in [4.78, 5) is 0. The molecule has 0 aromatic heterocycles. The standard InChI is InChI=1S/C11H23/c1-6-7-8-10(4)11(5)9(2)3/h9-10H,6-8H2,1-5H3. The van der Waals surface area contributed by atoms with Crippen molar-refractivity contribution in [3.05, 3.63) is 5.92 Å². The molecule has 67 valence electrons.